The van der Waals surface area contributed by atoms with Crippen LogP contribution in [0, 0.1) is 11.7 Å². The van der Waals surface area contributed by atoms with E-state index >= 15 is 0 Å². The van der Waals surface area contributed by atoms with E-state index in [0.717, 1.165) is 16.5 Å². The van der Waals surface area contributed by atoms with Gasteiger partial charge >= 0.3 is 0 Å². The Labute approximate surface area is 84.7 Å². The average molecular weight is 245 g/mol. The molecule has 13 heavy (non-hydrogen) atoms. The van der Waals surface area contributed by atoms with E-state index < -0.39 is 0 Å². The minimum atomic E-state index is -0.171. The molecule has 1 aromatic rings. The largest absolute Gasteiger partial charge is 0.396 e. The highest BCUT2D eigenvalue weighted by Gasteiger charge is 2.39. The third-order valence-electron chi connectivity index (χ3n) is 2.52. The summed E-state index contributed by atoms with van der Waals surface area (Å²) in [6, 6.07) is 5.10. The number of aliphatic hydroxyl groups is 1. The van der Waals surface area contributed by atoms with Crippen molar-refractivity contribution in [2.75, 3.05) is 6.61 Å². The summed E-state index contributed by atoms with van der Waals surface area (Å²) in [6.07, 6.45) is 0.912. The standard InChI is InChI=1S/C10H10BrFO/c11-7-1-2-8(10(12)4-7)9-3-6(9)5-13/h1-2,4,6,9,13H,3,5H2. The molecule has 0 saturated heterocycles. The molecule has 2 rings (SSSR count). The smallest absolute Gasteiger partial charge is 0.127 e. The molecule has 1 aliphatic carbocycles. The quantitative estimate of drug-likeness (QED) is 0.849. The molecule has 0 bridgehead atoms. The fourth-order valence-corrected chi connectivity index (χ4v) is 1.97. The summed E-state index contributed by atoms with van der Waals surface area (Å²) >= 11 is 3.21. The Morgan fingerprint density at radius 2 is 2.31 bits per heavy atom. The lowest BCUT2D eigenvalue weighted by Gasteiger charge is -2.01. The lowest BCUT2D eigenvalue weighted by Crippen LogP contribution is -1.92. The molecule has 0 radical (unpaired) electrons. The van der Waals surface area contributed by atoms with Gasteiger partial charge in [0.25, 0.3) is 0 Å². The van der Waals surface area contributed by atoms with E-state index in [-0.39, 0.29) is 24.3 Å². The molecule has 0 heterocycles. The molecule has 1 N–H and O–H groups in total. The van der Waals surface area contributed by atoms with E-state index in [1.165, 1.54) is 6.07 Å². The predicted octanol–water partition coefficient (Wildman–Crippen LogP) is 2.68. The molecule has 3 heteroatoms. The Bertz CT molecular complexity index is 327. The second-order valence-corrected chi connectivity index (χ2v) is 4.37. The van der Waals surface area contributed by atoms with Crippen molar-refractivity contribution in [3.63, 3.8) is 0 Å². The summed E-state index contributed by atoms with van der Waals surface area (Å²) in [6.45, 7) is 0.167. The number of rotatable bonds is 2. The first-order valence-corrected chi connectivity index (χ1v) is 5.07. The summed E-state index contributed by atoms with van der Waals surface area (Å²) in [5, 5.41) is 8.85. The zero-order valence-electron chi connectivity index (χ0n) is 7.00. The molecule has 1 nitrogen and oxygen atoms in total. The molecule has 0 spiro atoms. The zero-order chi connectivity index (χ0) is 9.42. The van der Waals surface area contributed by atoms with Crippen LogP contribution in [0.15, 0.2) is 22.7 Å². The number of hydrogen-bond donors (Lipinski definition) is 1. The second kappa shape index (κ2) is 3.39. The molecule has 1 aliphatic rings. The van der Waals surface area contributed by atoms with Crippen LogP contribution in [0.25, 0.3) is 0 Å². The Morgan fingerprint density at radius 1 is 1.54 bits per heavy atom. The average Bonchev–Trinajstić information content (AvgIpc) is 2.83. The van der Waals surface area contributed by atoms with Gasteiger partial charge in [0.2, 0.25) is 0 Å². The maximum atomic E-state index is 13.3. The zero-order valence-corrected chi connectivity index (χ0v) is 8.59. The summed E-state index contributed by atoms with van der Waals surface area (Å²) in [7, 11) is 0. The van der Waals surface area contributed by atoms with Crippen LogP contribution in [0.4, 0.5) is 4.39 Å². The highest BCUT2D eigenvalue weighted by Crippen LogP contribution is 2.47. The summed E-state index contributed by atoms with van der Waals surface area (Å²) in [5.41, 5.74) is 0.738. The molecule has 0 aromatic heterocycles. The third kappa shape index (κ3) is 1.76. The molecule has 1 saturated carbocycles. The Hall–Kier alpha value is -0.410. The maximum Gasteiger partial charge on any atom is 0.127 e. The maximum absolute atomic E-state index is 13.3. The highest BCUT2D eigenvalue weighted by atomic mass is 79.9. The molecular formula is C10H10BrFO. The summed E-state index contributed by atoms with van der Waals surface area (Å²) < 4.78 is 14.1. The highest BCUT2D eigenvalue weighted by molar-refractivity contribution is 9.10. The van der Waals surface area contributed by atoms with Gasteiger partial charge in [0.1, 0.15) is 5.82 Å². The van der Waals surface area contributed by atoms with E-state index in [1.807, 2.05) is 6.07 Å². The molecule has 2 unspecified atom stereocenters. The minimum absolute atomic E-state index is 0.167. The van der Waals surface area contributed by atoms with Crippen LogP contribution in [-0.2, 0) is 0 Å². The van der Waals surface area contributed by atoms with Crippen LogP contribution >= 0.6 is 15.9 Å². The van der Waals surface area contributed by atoms with Gasteiger partial charge in [-0.25, -0.2) is 4.39 Å². The van der Waals surface area contributed by atoms with Gasteiger partial charge in [0.15, 0.2) is 0 Å². The van der Waals surface area contributed by atoms with Gasteiger partial charge in [0.05, 0.1) is 0 Å². The van der Waals surface area contributed by atoms with Gasteiger partial charge in [-0.3, -0.25) is 0 Å². The molecule has 2 atom stereocenters. The number of aliphatic hydroxyl groups excluding tert-OH is 1. The van der Waals surface area contributed by atoms with Crippen molar-refractivity contribution in [2.24, 2.45) is 5.92 Å². The Kier molecular flexibility index (Phi) is 2.39. The lowest BCUT2D eigenvalue weighted by molar-refractivity contribution is 0.273. The van der Waals surface area contributed by atoms with Crippen molar-refractivity contribution in [1.29, 1.82) is 0 Å². The van der Waals surface area contributed by atoms with E-state index in [1.54, 1.807) is 6.07 Å². The first-order chi connectivity index (χ1) is 6.22. The molecule has 0 aliphatic heterocycles. The topological polar surface area (TPSA) is 20.2 Å². The molecular weight excluding hydrogens is 235 g/mol. The van der Waals surface area contributed by atoms with Crippen molar-refractivity contribution in [1.82, 2.24) is 0 Å². The lowest BCUT2D eigenvalue weighted by atomic mass is 10.1. The van der Waals surface area contributed by atoms with E-state index in [2.05, 4.69) is 15.9 Å². The Balaban J connectivity index is 2.22. The fraction of sp³-hybridized carbons (Fsp3) is 0.400. The van der Waals surface area contributed by atoms with Crippen LogP contribution in [0.5, 0.6) is 0 Å². The van der Waals surface area contributed by atoms with Crippen molar-refractivity contribution in [2.45, 2.75) is 12.3 Å². The van der Waals surface area contributed by atoms with Gasteiger partial charge in [-0.2, -0.15) is 0 Å². The van der Waals surface area contributed by atoms with E-state index in [0.29, 0.717) is 0 Å². The van der Waals surface area contributed by atoms with Gasteiger partial charge < -0.3 is 5.11 Å². The Morgan fingerprint density at radius 3 is 2.85 bits per heavy atom. The van der Waals surface area contributed by atoms with Crippen molar-refractivity contribution < 1.29 is 9.50 Å². The molecule has 1 fully saturated rings. The van der Waals surface area contributed by atoms with Gasteiger partial charge in [-0.1, -0.05) is 22.0 Å². The van der Waals surface area contributed by atoms with E-state index in [4.69, 9.17) is 5.11 Å². The first-order valence-electron chi connectivity index (χ1n) is 4.28. The van der Waals surface area contributed by atoms with Crippen LogP contribution < -0.4 is 0 Å². The van der Waals surface area contributed by atoms with Crippen LogP contribution in [0.1, 0.15) is 17.9 Å². The molecule has 1 aromatic carbocycles. The van der Waals surface area contributed by atoms with Crippen LogP contribution in [-0.4, -0.2) is 11.7 Å². The van der Waals surface area contributed by atoms with Gasteiger partial charge in [-0.05, 0) is 36.0 Å². The first kappa shape index (κ1) is 9.16. The summed E-state index contributed by atoms with van der Waals surface area (Å²) in [4.78, 5) is 0. The van der Waals surface area contributed by atoms with Gasteiger partial charge in [-0.15, -0.1) is 0 Å². The van der Waals surface area contributed by atoms with E-state index in [9.17, 15) is 4.39 Å². The third-order valence-corrected chi connectivity index (χ3v) is 3.01. The SMILES string of the molecule is OCC1CC1c1ccc(Br)cc1F. The van der Waals surface area contributed by atoms with Crippen LogP contribution in [0.2, 0.25) is 0 Å². The molecule has 70 valence electrons. The predicted molar refractivity (Wildman–Crippen MR) is 52.0 cm³/mol. The summed E-state index contributed by atoms with van der Waals surface area (Å²) in [5.74, 6) is 0.337. The van der Waals surface area contributed by atoms with Crippen molar-refractivity contribution >= 4 is 15.9 Å². The monoisotopic (exact) mass is 244 g/mol. The number of benzene rings is 1. The normalized spacial score (nSPS) is 26.1. The van der Waals surface area contributed by atoms with Crippen molar-refractivity contribution in [3.8, 4) is 0 Å². The van der Waals surface area contributed by atoms with Crippen molar-refractivity contribution in [3.05, 3.63) is 34.1 Å². The fourth-order valence-electron chi connectivity index (χ4n) is 1.63. The second-order valence-electron chi connectivity index (χ2n) is 3.45. The van der Waals surface area contributed by atoms with Gasteiger partial charge in [0, 0.05) is 11.1 Å². The minimum Gasteiger partial charge on any atom is -0.396 e. The number of hydrogen-bond acceptors (Lipinski definition) is 1. The molecule has 0 amide bonds. The van der Waals surface area contributed by atoms with Crippen LogP contribution in [0.3, 0.4) is 0 Å². The number of halogens is 2.